The standard InChI is InChI=1S/C33H52O7/c1-21(2)8-9-22(3)10-14-31(37)17-16-30(7)19-25(40-23(4)34)28-29(5,6)13-12-26(35)33(28,31)32(30,38)15-11-24-18-27(36)39-20-24/h16-18,21-22,25-26,28,35,37-38H,8-15,19-20H2,1-7H3. The van der Waals surface area contributed by atoms with Crippen LogP contribution in [-0.2, 0) is 19.1 Å². The monoisotopic (exact) mass is 560 g/mol. The molecule has 4 aliphatic rings. The summed E-state index contributed by atoms with van der Waals surface area (Å²) in [5.41, 5.74) is -4.94. The fourth-order valence-corrected chi connectivity index (χ4v) is 9.04. The summed E-state index contributed by atoms with van der Waals surface area (Å²) >= 11 is 0. The number of hydrogen-bond donors (Lipinski definition) is 3. The minimum absolute atomic E-state index is 0.194. The average molecular weight is 561 g/mol. The van der Waals surface area contributed by atoms with Crippen molar-refractivity contribution in [2.45, 2.75) is 130 Å². The zero-order valence-electron chi connectivity index (χ0n) is 25.7. The highest BCUT2D eigenvalue weighted by atomic mass is 16.5. The third kappa shape index (κ3) is 4.98. The second-order valence-electron chi connectivity index (χ2n) is 14.8. The summed E-state index contributed by atoms with van der Waals surface area (Å²) < 4.78 is 11.2. The van der Waals surface area contributed by atoms with Gasteiger partial charge in [0, 0.05) is 24.3 Å². The molecule has 0 radical (unpaired) electrons. The first-order valence-corrected chi connectivity index (χ1v) is 15.4. The highest BCUT2D eigenvalue weighted by Gasteiger charge is 2.80. The van der Waals surface area contributed by atoms with Gasteiger partial charge in [0.1, 0.15) is 12.7 Å². The molecule has 3 aliphatic carbocycles. The number of carbonyl (C=O) groups excluding carboxylic acids is 2. The largest absolute Gasteiger partial charge is 0.462 e. The van der Waals surface area contributed by atoms with E-state index in [1.54, 1.807) is 0 Å². The predicted molar refractivity (Wildman–Crippen MR) is 153 cm³/mol. The molecule has 4 rings (SSSR count). The molecule has 0 aromatic carbocycles. The Morgan fingerprint density at radius 1 is 1.10 bits per heavy atom. The normalized spacial score (nSPS) is 40.8. The Hall–Kier alpha value is -1.70. The summed E-state index contributed by atoms with van der Waals surface area (Å²) in [5.74, 6) is -0.302. The van der Waals surface area contributed by atoms with Gasteiger partial charge in [-0.25, -0.2) is 4.79 Å². The van der Waals surface area contributed by atoms with E-state index in [9.17, 15) is 24.9 Å². The van der Waals surface area contributed by atoms with E-state index in [1.807, 2.05) is 19.1 Å². The fraction of sp³-hybridized carbons (Fsp3) is 0.818. The van der Waals surface area contributed by atoms with Crippen LogP contribution in [0.3, 0.4) is 0 Å². The third-order valence-electron chi connectivity index (χ3n) is 11.1. The van der Waals surface area contributed by atoms with E-state index in [2.05, 4.69) is 34.6 Å². The lowest BCUT2D eigenvalue weighted by Gasteiger charge is -2.75. The average Bonchev–Trinajstić information content (AvgIpc) is 3.27. The molecule has 0 amide bonds. The van der Waals surface area contributed by atoms with Crippen LogP contribution in [0, 0.1) is 34.0 Å². The first kappa shape index (κ1) is 31.2. The van der Waals surface area contributed by atoms with Crippen LogP contribution in [0.2, 0.25) is 0 Å². The van der Waals surface area contributed by atoms with Crippen LogP contribution in [-0.4, -0.2) is 57.3 Å². The van der Waals surface area contributed by atoms with E-state index in [0.717, 1.165) is 24.8 Å². The Morgan fingerprint density at radius 2 is 1.80 bits per heavy atom. The van der Waals surface area contributed by atoms with Crippen LogP contribution in [0.25, 0.3) is 0 Å². The first-order valence-electron chi connectivity index (χ1n) is 15.4. The molecule has 1 spiro atoms. The van der Waals surface area contributed by atoms with Crippen molar-refractivity contribution in [1.82, 2.24) is 0 Å². The maximum Gasteiger partial charge on any atom is 0.331 e. The van der Waals surface area contributed by atoms with Crippen LogP contribution < -0.4 is 0 Å². The molecule has 8 atom stereocenters. The number of aliphatic hydroxyl groups is 3. The van der Waals surface area contributed by atoms with E-state index < -0.39 is 51.5 Å². The molecule has 0 aromatic rings. The molecule has 2 fully saturated rings. The Balaban J connectivity index is 1.86. The summed E-state index contributed by atoms with van der Waals surface area (Å²) in [7, 11) is 0. The van der Waals surface area contributed by atoms with Gasteiger partial charge >= 0.3 is 11.9 Å². The van der Waals surface area contributed by atoms with E-state index in [4.69, 9.17) is 9.47 Å². The molecule has 1 heterocycles. The highest BCUT2D eigenvalue weighted by molar-refractivity contribution is 5.85. The molecule has 1 aliphatic heterocycles. The Morgan fingerprint density at radius 3 is 2.40 bits per heavy atom. The molecule has 40 heavy (non-hydrogen) atoms. The van der Waals surface area contributed by atoms with Crippen molar-refractivity contribution in [1.29, 1.82) is 0 Å². The molecule has 226 valence electrons. The van der Waals surface area contributed by atoms with E-state index in [0.29, 0.717) is 43.9 Å². The summed E-state index contributed by atoms with van der Waals surface area (Å²) in [4.78, 5) is 24.2. The van der Waals surface area contributed by atoms with Gasteiger partial charge in [-0.3, -0.25) is 4.79 Å². The molecule has 7 nitrogen and oxygen atoms in total. The van der Waals surface area contributed by atoms with E-state index >= 15 is 0 Å². The van der Waals surface area contributed by atoms with Crippen LogP contribution in [0.1, 0.15) is 106 Å². The van der Waals surface area contributed by atoms with Gasteiger partial charge in [-0.1, -0.05) is 66.5 Å². The minimum Gasteiger partial charge on any atom is -0.462 e. The fourth-order valence-electron chi connectivity index (χ4n) is 9.04. The lowest BCUT2D eigenvalue weighted by Crippen LogP contribution is -2.82. The Kier molecular flexibility index (Phi) is 8.48. The minimum atomic E-state index is -1.53. The van der Waals surface area contributed by atoms with Gasteiger partial charge in [-0.2, -0.15) is 0 Å². The third-order valence-corrected chi connectivity index (χ3v) is 11.1. The van der Waals surface area contributed by atoms with Crippen LogP contribution >= 0.6 is 0 Å². The maximum atomic E-state index is 13.2. The van der Waals surface area contributed by atoms with Gasteiger partial charge in [0.05, 0.1) is 22.7 Å². The predicted octanol–water partition coefficient (Wildman–Crippen LogP) is 5.26. The van der Waals surface area contributed by atoms with Crippen LogP contribution in [0.5, 0.6) is 0 Å². The number of ether oxygens (including phenoxy) is 2. The van der Waals surface area contributed by atoms with E-state index in [-0.39, 0.29) is 19.0 Å². The van der Waals surface area contributed by atoms with Crippen LogP contribution in [0.4, 0.5) is 0 Å². The highest BCUT2D eigenvalue weighted by Crippen LogP contribution is 2.74. The number of aliphatic hydroxyl groups excluding tert-OH is 1. The number of cyclic esters (lactones) is 1. The zero-order chi connectivity index (χ0) is 29.7. The van der Waals surface area contributed by atoms with Crippen molar-refractivity contribution in [3.8, 4) is 0 Å². The second kappa shape index (κ2) is 10.9. The molecular formula is C33H52O7. The van der Waals surface area contributed by atoms with Crippen molar-refractivity contribution >= 4 is 11.9 Å². The van der Waals surface area contributed by atoms with Crippen molar-refractivity contribution in [2.24, 2.45) is 34.0 Å². The van der Waals surface area contributed by atoms with Gasteiger partial charge < -0.3 is 24.8 Å². The van der Waals surface area contributed by atoms with Crippen molar-refractivity contribution in [3.63, 3.8) is 0 Å². The lowest BCUT2D eigenvalue weighted by molar-refractivity contribution is -0.355. The molecule has 7 heteroatoms. The molecule has 0 aromatic heterocycles. The number of fused-ring (bicyclic) bond motifs is 1. The van der Waals surface area contributed by atoms with Crippen molar-refractivity contribution < 1.29 is 34.4 Å². The molecule has 2 saturated carbocycles. The van der Waals surface area contributed by atoms with Gasteiger partial charge in [0.25, 0.3) is 0 Å². The number of rotatable bonds is 10. The smallest absolute Gasteiger partial charge is 0.331 e. The number of carbonyl (C=O) groups is 2. The van der Waals surface area contributed by atoms with Crippen molar-refractivity contribution in [3.05, 3.63) is 23.8 Å². The summed E-state index contributed by atoms with van der Waals surface area (Å²) in [6.45, 7) is 14.4. The molecule has 0 saturated heterocycles. The van der Waals surface area contributed by atoms with Gasteiger partial charge in [0.2, 0.25) is 0 Å². The number of esters is 2. The molecule has 2 bridgehead atoms. The van der Waals surface area contributed by atoms with Gasteiger partial charge in [-0.15, -0.1) is 0 Å². The molecule has 8 unspecified atom stereocenters. The van der Waals surface area contributed by atoms with Gasteiger partial charge in [-0.05, 0) is 67.8 Å². The SMILES string of the molecule is CC(=O)OC1CC2(C)C=CC(O)(CCC(C)CCC(C)C)C3(C(O)CCC(C)(C)C13)C2(O)CCC1=CC(=O)OC1. The summed E-state index contributed by atoms with van der Waals surface area (Å²) in [5, 5.41) is 38.2. The Bertz CT molecular complexity index is 1050. The first-order chi connectivity index (χ1) is 18.5. The topological polar surface area (TPSA) is 113 Å². The van der Waals surface area contributed by atoms with Crippen molar-refractivity contribution in [2.75, 3.05) is 6.61 Å². The second-order valence-corrected chi connectivity index (χ2v) is 14.8. The maximum absolute atomic E-state index is 13.2. The number of hydrogen-bond acceptors (Lipinski definition) is 7. The van der Waals surface area contributed by atoms with Gasteiger partial charge in [0.15, 0.2) is 0 Å². The molecule has 3 N–H and O–H groups in total. The summed E-state index contributed by atoms with van der Waals surface area (Å²) in [6.07, 6.45) is 9.12. The summed E-state index contributed by atoms with van der Waals surface area (Å²) in [6, 6.07) is 0. The lowest BCUT2D eigenvalue weighted by atomic mass is 9.32. The quantitative estimate of drug-likeness (QED) is 0.247. The zero-order valence-corrected chi connectivity index (χ0v) is 25.7. The van der Waals surface area contributed by atoms with E-state index in [1.165, 1.54) is 13.0 Å². The Labute approximate surface area is 240 Å². The molecular weight excluding hydrogens is 508 g/mol. The van der Waals surface area contributed by atoms with Crippen LogP contribution in [0.15, 0.2) is 23.8 Å².